The zero-order chi connectivity index (χ0) is 10.6. The molecule has 0 atom stereocenters. The van der Waals surface area contributed by atoms with E-state index in [0.717, 1.165) is 0 Å². The Morgan fingerprint density at radius 1 is 1.23 bits per heavy atom. The number of hydrogen-bond donors (Lipinski definition) is 1. The summed E-state index contributed by atoms with van der Waals surface area (Å²) in [6, 6.07) is 0. The maximum absolute atomic E-state index is 11.4. The highest BCUT2D eigenvalue weighted by Gasteiger charge is 2.41. The number of carboxylic acids is 1. The van der Waals surface area contributed by atoms with Crippen LogP contribution < -0.4 is 0 Å². The topological polar surface area (TPSA) is 57.6 Å². The molecule has 0 aromatic rings. The number of quaternary nitrogens is 1. The molecule has 0 bridgehead atoms. The quantitative estimate of drug-likeness (QED) is 0.383. The predicted octanol–water partition coefficient (Wildman–Crippen LogP) is -0.0692. The van der Waals surface area contributed by atoms with Crippen molar-refractivity contribution < 1.29 is 19.3 Å². The minimum atomic E-state index is -1.38. The molecule has 0 aliphatic rings. The number of rotatable bonds is 3. The first-order chi connectivity index (χ1) is 5.92. The van der Waals surface area contributed by atoms with Gasteiger partial charge in [-0.05, 0) is 13.8 Å². The van der Waals surface area contributed by atoms with E-state index in [2.05, 4.69) is 0 Å². The highest BCUT2D eigenvalue weighted by molar-refractivity contribution is 6.28. The molecule has 0 saturated heterocycles. The monoisotopic (exact) mass is 189 g/mol. The summed E-state index contributed by atoms with van der Waals surface area (Å²) >= 11 is 0. The molecule has 0 fully saturated rings. The van der Waals surface area contributed by atoms with Gasteiger partial charge in [-0.3, -0.25) is 0 Å². The normalized spacial score (nSPS) is 11.8. The smallest absolute Gasteiger partial charge is 0.442 e. The minimum Gasteiger partial charge on any atom is -0.471 e. The van der Waals surface area contributed by atoms with Gasteiger partial charge >= 0.3 is 11.9 Å². The number of nitrogens with zero attached hydrogens (tertiary/aromatic N) is 2. The Labute approximate surface area is 78.1 Å². The van der Waals surface area contributed by atoms with Crippen LogP contribution in [0.3, 0.4) is 0 Å². The Kier molecular flexibility index (Phi) is 4.03. The lowest BCUT2D eigenvalue weighted by Gasteiger charge is -2.36. The summed E-state index contributed by atoms with van der Waals surface area (Å²) in [6.45, 7) is 4.50. The van der Waals surface area contributed by atoms with Gasteiger partial charge in [0.15, 0.2) is 0 Å². The number of carbonyl (C=O) groups is 2. The van der Waals surface area contributed by atoms with Gasteiger partial charge in [0.05, 0.1) is 0 Å². The van der Waals surface area contributed by atoms with Crippen molar-refractivity contribution in [1.29, 1.82) is 0 Å². The van der Waals surface area contributed by atoms with Crippen LogP contribution in [0.4, 0.5) is 0 Å². The van der Waals surface area contributed by atoms with Crippen molar-refractivity contribution in [1.82, 2.24) is 5.01 Å². The first-order valence-corrected chi connectivity index (χ1v) is 4.25. The van der Waals surface area contributed by atoms with E-state index in [4.69, 9.17) is 5.11 Å². The van der Waals surface area contributed by atoms with Crippen LogP contribution in [-0.4, -0.2) is 53.8 Å². The number of likely N-dealkylation sites (N-methyl/N-ethyl adjacent to an activating group) is 1. The maximum Gasteiger partial charge on any atom is 0.442 e. The first-order valence-electron chi connectivity index (χ1n) is 4.25. The van der Waals surface area contributed by atoms with Crippen LogP contribution in [0, 0.1) is 0 Å². The van der Waals surface area contributed by atoms with Crippen LogP contribution in [0.5, 0.6) is 0 Å². The number of carboxylic acid groups (broad SMARTS) is 1. The van der Waals surface area contributed by atoms with E-state index in [1.807, 2.05) is 0 Å². The van der Waals surface area contributed by atoms with Crippen molar-refractivity contribution in [3.8, 4) is 0 Å². The van der Waals surface area contributed by atoms with Crippen molar-refractivity contribution in [2.45, 2.75) is 13.8 Å². The van der Waals surface area contributed by atoms with Gasteiger partial charge < -0.3 is 5.11 Å². The van der Waals surface area contributed by atoms with Crippen LogP contribution in [0.25, 0.3) is 0 Å². The van der Waals surface area contributed by atoms with Gasteiger partial charge in [0.1, 0.15) is 13.1 Å². The molecule has 1 N–H and O–H groups in total. The molecule has 5 nitrogen and oxygen atoms in total. The average Bonchev–Trinajstić information content (AvgIpc) is 2.06. The Bertz CT molecular complexity index is 209. The third kappa shape index (κ3) is 2.05. The molecule has 0 heterocycles. The molecule has 0 unspecified atom stereocenters. The molecule has 0 aromatic carbocycles. The second-order valence-corrected chi connectivity index (χ2v) is 3.01. The summed E-state index contributed by atoms with van der Waals surface area (Å²) in [4.78, 5) is 22.0. The standard InChI is InChI=1S/C8H16N2O3/c1-5-10(6-2,9(3)4)7(11)8(12)13/h5-6H2,1-4H3/p+1. The summed E-state index contributed by atoms with van der Waals surface area (Å²) < 4.78 is -0.144. The fourth-order valence-corrected chi connectivity index (χ4v) is 1.44. The predicted molar refractivity (Wildman–Crippen MR) is 47.7 cm³/mol. The van der Waals surface area contributed by atoms with Crippen LogP contribution in [0.15, 0.2) is 0 Å². The fraction of sp³-hybridized carbons (Fsp3) is 0.750. The molecule has 0 aliphatic carbocycles. The molecule has 0 aromatic heterocycles. The highest BCUT2D eigenvalue weighted by Crippen LogP contribution is 2.09. The summed E-state index contributed by atoms with van der Waals surface area (Å²) in [5, 5.41) is 10.3. The zero-order valence-electron chi connectivity index (χ0n) is 8.57. The molecule has 0 radical (unpaired) electrons. The number of hydrogen-bond acceptors (Lipinski definition) is 3. The zero-order valence-corrected chi connectivity index (χ0v) is 8.57. The third-order valence-electron chi connectivity index (χ3n) is 2.37. The lowest BCUT2D eigenvalue weighted by Crippen LogP contribution is -2.62. The maximum atomic E-state index is 11.4. The van der Waals surface area contributed by atoms with E-state index in [1.165, 1.54) is 0 Å². The van der Waals surface area contributed by atoms with Gasteiger partial charge in [-0.25, -0.2) is 9.59 Å². The molecule has 0 saturated carbocycles. The third-order valence-corrected chi connectivity index (χ3v) is 2.37. The summed E-state index contributed by atoms with van der Waals surface area (Å²) in [5.41, 5.74) is 0. The van der Waals surface area contributed by atoms with Gasteiger partial charge in [-0.1, -0.05) is 0 Å². The summed E-state index contributed by atoms with van der Waals surface area (Å²) in [6.07, 6.45) is 0. The Balaban J connectivity index is 4.98. The van der Waals surface area contributed by atoms with Crippen molar-refractivity contribution >= 4 is 11.9 Å². The van der Waals surface area contributed by atoms with Crippen molar-refractivity contribution in [2.75, 3.05) is 27.2 Å². The van der Waals surface area contributed by atoms with E-state index < -0.39 is 11.9 Å². The molecule has 76 valence electrons. The Morgan fingerprint density at radius 2 is 1.62 bits per heavy atom. The second-order valence-electron chi connectivity index (χ2n) is 3.01. The minimum absolute atomic E-state index is 0.144. The van der Waals surface area contributed by atoms with Gasteiger partial charge in [0.25, 0.3) is 0 Å². The summed E-state index contributed by atoms with van der Waals surface area (Å²) in [5.74, 6) is -2.16. The van der Waals surface area contributed by atoms with Gasteiger partial charge in [-0.15, -0.1) is 0 Å². The van der Waals surface area contributed by atoms with Gasteiger partial charge in [0.2, 0.25) is 0 Å². The van der Waals surface area contributed by atoms with Gasteiger partial charge in [-0.2, -0.15) is 9.60 Å². The number of carbonyl (C=O) groups excluding carboxylic acids is 1. The largest absolute Gasteiger partial charge is 0.471 e. The fourth-order valence-electron chi connectivity index (χ4n) is 1.44. The van der Waals surface area contributed by atoms with Crippen molar-refractivity contribution in [3.05, 3.63) is 0 Å². The molecular formula is C8H17N2O3+. The lowest BCUT2D eigenvalue weighted by molar-refractivity contribution is -0.957. The Hall–Kier alpha value is -0.940. The van der Waals surface area contributed by atoms with Crippen LogP contribution >= 0.6 is 0 Å². The molecule has 1 amide bonds. The molecule has 5 heteroatoms. The van der Waals surface area contributed by atoms with Crippen LogP contribution in [0.1, 0.15) is 13.8 Å². The highest BCUT2D eigenvalue weighted by atomic mass is 16.4. The first kappa shape index (κ1) is 12.1. The average molecular weight is 189 g/mol. The SMILES string of the molecule is CC[N+](CC)(C(=O)C(=O)O)N(C)C. The second kappa shape index (κ2) is 4.34. The van der Waals surface area contributed by atoms with E-state index in [9.17, 15) is 9.59 Å². The van der Waals surface area contributed by atoms with Crippen LogP contribution in [-0.2, 0) is 9.59 Å². The van der Waals surface area contributed by atoms with E-state index in [-0.39, 0.29) is 4.59 Å². The molecule has 0 rings (SSSR count). The van der Waals surface area contributed by atoms with Crippen molar-refractivity contribution in [2.24, 2.45) is 0 Å². The number of amides is 1. The molecule has 0 aliphatic heterocycles. The Morgan fingerprint density at radius 3 is 1.69 bits per heavy atom. The van der Waals surface area contributed by atoms with Gasteiger partial charge in [0, 0.05) is 14.1 Å². The lowest BCUT2D eigenvalue weighted by atomic mass is 10.4. The van der Waals surface area contributed by atoms with Crippen molar-refractivity contribution in [3.63, 3.8) is 0 Å². The van der Waals surface area contributed by atoms with E-state index in [0.29, 0.717) is 13.1 Å². The molecular weight excluding hydrogens is 172 g/mol. The molecule has 13 heavy (non-hydrogen) atoms. The molecule has 0 spiro atoms. The summed E-state index contributed by atoms with van der Waals surface area (Å²) in [7, 11) is 3.40. The number of aliphatic carboxylic acids is 1. The van der Waals surface area contributed by atoms with Crippen LogP contribution in [0.2, 0.25) is 0 Å². The van der Waals surface area contributed by atoms with E-state index in [1.54, 1.807) is 33.0 Å². The van der Waals surface area contributed by atoms with E-state index >= 15 is 0 Å².